The van der Waals surface area contributed by atoms with Crippen LogP contribution < -0.4 is 20.5 Å². The molecule has 0 radical (unpaired) electrons. The molecule has 0 heterocycles. The average molecular weight is 444 g/mol. The SMILES string of the molecule is CNS(=O)(=O)c1ccc(OC(=O)c2ccc(NC(=N)N)cc2)cc1.CS(=O)(=O)O. The molecule has 13 heteroatoms. The second kappa shape index (κ2) is 9.97. The van der Waals surface area contributed by atoms with Crippen molar-refractivity contribution in [2.45, 2.75) is 4.90 Å². The van der Waals surface area contributed by atoms with E-state index in [4.69, 9.17) is 20.4 Å². The fraction of sp³-hybridized carbons (Fsp3) is 0.125. The number of hydrogen-bond acceptors (Lipinski definition) is 7. The van der Waals surface area contributed by atoms with Crippen LogP contribution in [-0.4, -0.2) is 46.6 Å². The van der Waals surface area contributed by atoms with Gasteiger partial charge in [0.2, 0.25) is 10.0 Å². The van der Waals surface area contributed by atoms with Crippen LogP contribution in [0.3, 0.4) is 0 Å². The highest BCUT2D eigenvalue weighted by Gasteiger charge is 2.13. The summed E-state index contributed by atoms with van der Waals surface area (Å²) in [5, 5.41) is 9.71. The Hall–Kier alpha value is -3.00. The highest BCUT2D eigenvalue weighted by Crippen LogP contribution is 2.18. The van der Waals surface area contributed by atoms with Gasteiger partial charge in [0.1, 0.15) is 5.75 Å². The minimum atomic E-state index is -3.67. The van der Waals surface area contributed by atoms with E-state index in [2.05, 4.69) is 10.0 Å². The van der Waals surface area contributed by atoms with Crippen LogP contribution in [0.1, 0.15) is 10.4 Å². The zero-order valence-electron chi connectivity index (χ0n) is 15.4. The van der Waals surface area contributed by atoms with Crippen LogP contribution in [-0.2, 0) is 20.1 Å². The summed E-state index contributed by atoms with van der Waals surface area (Å²) in [4.78, 5) is 12.1. The van der Waals surface area contributed by atoms with Gasteiger partial charge in [-0.25, -0.2) is 17.9 Å². The molecule has 0 aliphatic carbocycles. The quantitative estimate of drug-likeness (QED) is 0.145. The van der Waals surface area contributed by atoms with Gasteiger partial charge in [0.05, 0.1) is 16.7 Å². The molecule has 0 amide bonds. The van der Waals surface area contributed by atoms with Gasteiger partial charge in [0.15, 0.2) is 5.96 Å². The van der Waals surface area contributed by atoms with Gasteiger partial charge in [0, 0.05) is 5.69 Å². The average Bonchev–Trinajstić information content (AvgIpc) is 2.61. The van der Waals surface area contributed by atoms with Crippen molar-refractivity contribution >= 4 is 37.8 Å². The molecule has 0 spiro atoms. The lowest BCUT2D eigenvalue weighted by Gasteiger charge is -2.07. The zero-order chi connectivity index (χ0) is 22.2. The Balaban J connectivity index is 0.000000749. The Morgan fingerprint density at radius 1 is 1.03 bits per heavy atom. The molecule has 0 aromatic heterocycles. The summed E-state index contributed by atoms with van der Waals surface area (Å²) in [5.74, 6) is -0.573. The maximum absolute atomic E-state index is 12.0. The van der Waals surface area contributed by atoms with E-state index in [0.717, 1.165) is 0 Å². The van der Waals surface area contributed by atoms with Crippen molar-refractivity contribution in [1.82, 2.24) is 4.72 Å². The van der Waals surface area contributed by atoms with E-state index in [1.165, 1.54) is 43.4 Å². The van der Waals surface area contributed by atoms with E-state index >= 15 is 0 Å². The highest BCUT2D eigenvalue weighted by atomic mass is 32.2. The van der Waals surface area contributed by atoms with E-state index in [-0.39, 0.29) is 16.6 Å². The number of benzene rings is 2. The van der Waals surface area contributed by atoms with E-state index in [1.807, 2.05) is 0 Å². The van der Waals surface area contributed by atoms with E-state index in [9.17, 15) is 21.6 Å². The minimum absolute atomic E-state index is 0.0736. The molecule has 0 bridgehead atoms. The lowest BCUT2D eigenvalue weighted by molar-refractivity contribution is 0.0734. The molecule has 0 unspecified atom stereocenters. The van der Waals surface area contributed by atoms with Crippen LogP contribution in [0.5, 0.6) is 5.75 Å². The first-order chi connectivity index (χ1) is 13.3. The fourth-order valence-corrected chi connectivity index (χ4v) is 2.55. The van der Waals surface area contributed by atoms with Gasteiger partial charge in [-0.3, -0.25) is 9.96 Å². The van der Waals surface area contributed by atoms with Gasteiger partial charge >= 0.3 is 5.97 Å². The maximum atomic E-state index is 12.0. The topological polar surface area (TPSA) is 189 Å². The highest BCUT2D eigenvalue weighted by molar-refractivity contribution is 7.89. The van der Waals surface area contributed by atoms with Crippen molar-refractivity contribution in [3.8, 4) is 5.75 Å². The van der Waals surface area contributed by atoms with Gasteiger partial charge < -0.3 is 15.8 Å². The fourth-order valence-electron chi connectivity index (χ4n) is 1.82. The molecule has 6 N–H and O–H groups in total. The van der Waals surface area contributed by atoms with Crippen LogP contribution in [0.4, 0.5) is 5.69 Å². The van der Waals surface area contributed by atoms with Crippen LogP contribution in [0.2, 0.25) is 0 Å². The van der Waals surface area contributed by atoms with Crippen LogP contribution in [0, 0.1) is 5.41 Å². The summed E-state index contributed by atoms with van der Waals surface area (Å²) >= 11 is 0. The number of nitrogens with one attached hydrogen (secondary N) is 3. The van der Waals surface area contributed by atoms with Crippen molar-refractivity contribution < 1.29 is 30.9 Å². The second-order valence-corrected chi connectivity index (χ2v) is 8.77. The molecule has 2 aromatic rings. The summed E-state index contributed by atoms with van der Waals surface area (Å²) in [6.45, 7) is 0. The van der Waals surface area contributed by atoms with Crippen molar-refractivity contribution in [3.63, 3.8) is 0 Å². The third-order valence-corrected chi connectivity index (χ3v) is 4.44. The molecular formula is C16H20N4O7S2. The van der Waals surface area contributed by atoms with Crippen molar-refractivity contribution in [3.05, 3.63) is 54.1 Å². The monoisotopic (exact) mass is 444 g/mol. The zero-order valence-corrected chi connectivity index (χ0v) is 17.0. The number of guanidine groups is 1. The molecule has 0 saturated heterocycles. The Morgan fingerprint density at radius 2 is 1.52 bits per heavy atom. The Kier molecular flexibility index (Phi) is 8.27. The predicted octanol–water partition coefficient (Wildman–Crippen LogP) is 0.623. The number of rotatable bonds is 5. The molecule has 0 fully saturated rings. The first kappa shape index (κ1) is 24.0. The Morgan fingerprint density at radius 3 is 1.93 bits per heavy atom. The first-order valence-electron chi connectivity index (χ1n) is 7.71. The molecule has 0 saturated carbocycles. The third kappa shape index (κ3) is 9.16. The molecule has 11 nitrogen and oxygen atoms in total. The van der Waals surface area contributed by atoms with Crippen molar-refractivity contribution in [2.75, 3.05) is 18.6 Å². The van der Waals surface area contributed by atoms with E-state index in [1.54, 1.807) is 12.1 Å². The summed E-state index contributed by atoms with van der Waals surface area (Å²) in [6.07, 6.45) is 0.715. The van der Waals surface area contributed by atoms with Gasteiger partial charge in [-0.2, -0.15) is 8.42 Å². The molecule has 158 valence electrons. The normalized spacial score (nSPS) is 11.0. The number of sulfonamides is 1. The summed E-state index contributed by atoms with van der Waals surface area (Å²) < 4.78 is 56.5. The number of carbonyl (C=O) groups excluding carboxylic acids is 1. The van der Waals surface area contributed by atoms with E-state index in [0.29, 0.717) is 17.5 Å². The molecule has 2 aromatic carbocycles. The predicted molar refractivity (Wildman–Crippen MR) is 107 cm³/mol. The number of nitrogens with two attached hydrogens (primary N) is 1. The number of hydrogen-bond donors (Lipinski definition) is 5. The molecular weight excluding hydrogens is 424 g/mol. The number of carbonyl (C=O) groups is 1. The molecule has 2 rings (SSSR count). The lowest BCUT2D eigenvalue weighted by atomic mass is 10.2. The Bertz CT molecular complexity index is 1060. The number of ether oxygens (including phenoxy) is 1. The third-order valence-electron chi connectivity index (χ3n) is 3.01. The first-order valence-corrected chi connectivity index (χ1v) is 11.0. The van der Waals surface area contributed by atoms with Gasteiger partial charge in [0.25, 0.3) is 10.1 Å². The van der Waals surface area contributed by atoms with Crippen LogP contribution >= 0.6 is 0 Å². The van der Waals surface area contributed by atoms with Crippen molar-refractivity contribution in [1.29, 1.82) is 5.41 Å². The summed E-state index contributed by atoms with van der Waals surface area (Å²) in [6, 6.07) is 11.7. The van der Waals surface area contributed by atoms with Crippen LogP contribution in [0.25, 0.3) is 0 Å². The summed E-state index contributed by atoms with van der Waals surface area (Å²) in [7, 11) is -5.89. The number of esters is 1. The smallest absolute Gasteiger partial charge is 0.343 e. The Labute approximate surface area is 168 Å². The van der Waals surface area contributed by atoms with Crippen molar-refractivity contribution in [2.24, 2.45) is 5.73 Å². The molecule has 29 heavy (non-hydrogen) atoms. The molecule has 0 atom stereocenters. The number of anilines is 1. The van der Waals surface area contributed by atoms with Crippen LogP contribution in [0.15, 0.2) is 53.4 Å². The second-order valence-electron chi connectivity index (χ2n) is 5.42. The molecule has 0 aliphatic heterocycles. The molecule has 0 aliphatic rings. The minimum Gasteiger partial charge on any atom is -0.423 e. The van der Waals surface area contributed by atoms with Gasteiger partial charge in [-0.1, -0.05) is 0 Å². The van der Waals surface area contributed by atoms with E-state index < -0.39 is 26.1 Å². The van der Waals surface area contributed by atoms with Gasteiger partial charge in [-0.05, 0) is 55.6 Å². The summed E-state index contributed by atoms with van der Waals surface area (Å²) in [5.41, 5.74) is 6.08. The lowest BCUT2D eigenvalue weighted by Crippen LogP contribution is -2.20. The van der Waals surface area contributed by atoms with Gasteiger partial charge in [-0.15, -0.1) is 0 Å². The standard InChI is InChI=1S/C15H16N4O4S.CH4O3S/c1-18-24(21,22)13-8-6-12(7-9-13)23-14(20)10-2-4-11(5-3-10)19-15(16)17;1-5(2,3)4/h2-9,18H,1H3,(H4,16,17,19);1H3,(H,2,3,4). The maximum Gasteiger partial charge on any atom is 0.343 e. The largest absolute Gasteiger partial charge is 0.423 e.